The Bertz CT molecular complexity index is 1290. The molecule has 2 aliphatic carbocycles. The topological polar surface area (TPSA) is 0 Å². The predicted molar refractivity (Wildman–Crippen MR) is 158 cm³/mol. The van der Waals surface area contributed by atoms with Crippen molar-refractivity contribution in [2.45, 2.75) is 113 Å². The molecule has 0 aliphatic heterocycles. The average Bonchev–Trinajstić information content (AvgIpc) is 3.37. The van der Waals surface area contributed by atoms with Gasteiger partial charge in [-0.1, -0.05) is 0 Å². The van der Waals surface area contributed by atoms with E-state index in [1.54, 1.807) is 20.9 Å². The standard InChI is InChI=1S/C21H25.C11H17.C3H6.2ClH.Zr/c1-20(2,3)16-9-7-14-11-15-8-10-17(21(4,5)6)13-19(15)18(14)12-16;1-4-9-11(2,3)10-7-5-6-8-10;1-3-2;;;/h7,9-10,12-13H,11H2,1-6H3;7-8H,4-5,9H2,1-3H3;1-2H3;2*1H;/q;;;;;+2/p-2. The first kappa shape index (κ1) is 33.5. The summed E-state index contributed by atoms with van der Waals surface area (Å²) in [5.41, 5.74) is 11.3. The molecule has 0 atom stereocenters. The summed E-state index contributed by atoms with van der Waals surface area (Å²) in [6.45, 7) is 26.2. The molecule has 4 rings (SSSR count). The Hall–Kier alpha value is -0.747. The van der Waals surface area contributed by atoms with E-state index in [1.165, 1.54) is 40.7 Å². The average molecular weight is 631 g/mol. The van der Waals surface area contributed by atoms with Crippen LogP contribution in [0.25, 0.3) is 11.1 Å². The molecule has 0 saturated carbocycles. The molecule has 2 aromatic carbocycles. The predicted octanol–water partition coefficient (Wildman–Crippen LogP) is 3.36. The molecular formula is C35H48Cl2Zr. The van der Waals surface area contributed by atoms with Crippen LogP contribution in [0.5, 0.6) is 0 Å². The minimum Gasteiger partial charge on any atom is -1.00 e. The Kier molecular flexibility index (Phi) is 10.6. The monoisotopic (exact) mass is 628 g/mol. The fourth-order valence-electron chi connectivity index (χ4n) is 6.10. The number of fused-ring (bicyclic) bond motifs is 3. The molecule has 0 heterocycles. The van der Waals surface area contributed by atoms with Gasteiger partial charge in [0.15, 0.2) is 0 Å². The summed E-state index contributed by atoms with van der Waals surface area (Å²) in [5, 5.41) is 0. The molecule has 2 aromatic rings. The van der Waals surface area contributed by atoms with Gasteiger partial charge < -0.3 is 24.8 Å². The summed E-state index contributed by atoms with van der Waals surface area (Å²) < 4.78 is 5.21. The molecule has 206 valence electrons. The van der Waals surface area contributed by atoms with E-state index in [9.17, 15) is 0 Å². The molecule has 0 nitrogen and oxygen atoms in total. The van der Waals surface area contributed by atoms with Crippen molar-refractivity contribution in [1.82, 2.24) is 0 Å². The van der Waals surface area contributed by atoms with Gasteiger partial charge in [-0.15, -0.1) is 0 Å². The third-order valence-corrected chi connectivity index (χ3v) is 15.7. The number of allylic oxidation sites excluding steroid dienone is 4. The zero-order valence-corrected chi connectivity index (χ0v) is 29.6. The van der Waals surface area contributed by atoms with Crippen LogP contribution in [0.1, 0.15) is 118 Å². The largest absolute Gasteiger partial charge is 1.00 e. The zero-order valence-electron chi connectivity index (χ0n) is 25.6. The Balaban J connectivity index is 0.00000253. The summed E-state index contributed by atoms with van der Waals surface area (Å²) in [6.07, 6.45) is 9.98. The minimum atomic E-state index is -2.20. The van der Waals surface area contributed by atoms with Crippen LogP contribution >= 0.6 is 0 Å². The van der Waals surface area contributed by atoms with Crippen LogP contribution in [0.3, 0.4) is 0 Å². The first-order chi connectivity index (χ1) is 16.6. The van der Waals surface area contributed by atoms with Gasteiger partial charge in [0.2, 0.25) is 0 Å². The maximum atomic E-state index is 2.65. The van der Waals surface area contributed by atoms with Crippen LogP contribution in [-0.2, 0) is 38.5 Å². The van der Waals surface area contributed by atoms with E-state index in [1.807, 2.05) is 0 Å². The summed E-state index contributed by atoms with van der Waals surface area (Å²) >= 11 is -2.20. The smallest absolute Gasteiger partial charge is 1.00 e. The van der Waals surface area contributed by atoms with Crippen LogP contribution in [0.2, 0.25) is 0 Å². The molecule has 0 bridgehead atoms. The van der Waals surface area contributed by atoms with E-state index in [0.717, 1.165) is 12.8 Å². The number of hydrogen-bond acceptors (Lipinski definition) is 0. The van der Waals surface area contributed by atoms with E-state index in [-0.39, 0.29) is 41.1 Å². The van der Waals surface area contributed by atoms with E-state index in [0.29, 0.717) is 0 Å². The van der Waals surface area contributed by atoms with E-state index in [2.05, 4.69) is 119 Å². The quantitative estimate of drug-likeness (QED) is 0.406. The van der Waals surface area contributed by atoms with Crippen molar-refractivity contribution in [3.05, 3.63) is 73.6 Å². The SMILES string of the molecule is CCCC(C)(C)C1=CC[C]([Zr+2](=[C](C)C)[c]2cc(C(C)(C)C)cc3c2Cc2ccc(C(C)(C)C)cc2-3)=C1.[Cl-].[Cl-]. The Morgan fingerprint density at radius 1 is 0.816 bits per heavy atom. The number of benzene rings is 2. The van der Waals surface area contributed by atoms with Crippen LogP contribution < -0.4 is 28.1 Å². The second kappa shape index (κ2) is 12.0. The third-order valence-electron chi connectivity index (χ3n) is 8.37. The molecule has 0 spiro atoms. The van der Waals surface area contributed by atoms with Gasteiger partial charge in [0.1, 0.15) is 0 Å². The summed E-state index contributed by atoms with van der Waals surface area (Å²) in [7, 11) is 0. The molecule has 0 unspecified atom stereocenters. The number of rotatable bonds is 5. The van der Waals surface area contributed by atoms with Crippen LogP contribution in [0.4, 0.5) is 0 Å². The van der Waals surface area contributed by atoms with Gasteiger partial charge in [0, 0.05) is 0 Å². The maximum Gasteiger partial charge on any atom is -1.00 e. The van der Waals surface area contributed by atoms with Gasteiger partial charge in [-0.05, 0) is 0 Å². The maximum absolute atomic E-state index is 2.65. The van der Waals surface area contributed by atoms with E-state index < -0.39 is 21.3 Å². The van der Waals surface area contributed by atoms with Gasteiger partial charge in [0.05, 0.1) is 0 Å². The molecule has 0 saturated heterocycles. The van der Waals surface area contributed by atoms with E-state index in [4.69, 9.17) is 0 Å². The zero-order chi connectivity index (χ0) is 26.6. The van der Waals surface area contributed by atoms with Crippen molar-refractivity contribution in [2.24, 2.45) is 5.41 Å². The summed E-state index contributed by atoms with van der Waals surface area (Å²) in [4.78, 5) is 0. The number of hydrogen-bond donors (Lipinski definition) is 0. The van der Waals surface area contributed by atoms with Crippen molar-refractivity contribution >= 4 is 6.48 Å². The van der Waals surface area contributed by atoms with Crippen molar-refractivity contribution < 1.29 is 46.1 Å². The van der Waals surface area contributed by atoms with Crippen LogP contribution in [0, 0.1) is 5.41 Å². The van der Waals surface area contributed by atoms with Gasteiger partial charge >= 0.3 is 231 Å². The molecule has 0 N–H and O–H groups in total. The molecule has 0 radical (unpaired) electrons. The Morgan fingerprint density at radius 3 is 1.97 bits per heavy atom. The minimum absolute atomic E-state index is 0. The van der Waals surface area contributed by atoms with E-state index >= 15 is 0 Å². The third kappa shape index (κ3) is 6.59. The summed E-state index contributed by atoms with van der Waals surface area (Å²) in [6, 6.07) is 12.5. The van der Waals surface area contributed by atoms with Gasteiger partial charge in [-0.3, -0.25) is 0 Å². The normalized spacial score (nSPS) is 14.4. The van der Waals surface area contributed by atoms with Crippen molar-refractivity contribution in [1.29, 1.82) is 0 Å². The van der Waals surface area contributed by atoms with Crippen LogP contribution in [0.15, 0.2) is 51.3 Å². The van der Waals surface area contributed by atoms with Gasteiger partial charge in [-0.25, -0.2) is 0 Å². The first-order valence-corrected chi connectivity index (χ1v) is 17.7. The summed E-state index contributed by atoms with van der Waals surface area (Å²) in [5.74, 6) is 0. The molecule has 0 aromatic heterocycles. The molecular weight excluding hydrogens is 583 g/mol. The second-order valence-electron chi connectivity index (χ2n) is 14.1. The van der Waals surface area contributed by atoms with Crippen LogP contribution in [-0.4, -0.2) is 3.21 Å². The molecule has 38 heavy (non-hydrogen) atoms. The first-order valence-electron chi connectivity index (χ1n) is 14.0. The van der Waals surface area contributed by atoms with Crippen molar-refractivity contribution in [3.63, 3.8) is 0 Å². The van der Waals surface area contributed by atoms with Crippen molar-refractivity contribution in [3.8, 4) is 11.1 Å². The fourth-order valence-corrected chi connectivity index (χ4v) is 13.4. The van der Waals surface area contributed by atoms with Gasteiger partial charge in [-0.2, -0.15) is 0 Å². The molecule has 0 amide bonds. The van der Waals surface area contributed by atoms with Gasteiger partial charge in [0.25, 0.3) is 0 Å². The number of halogens is 2. The molecule has 3 heteroatoms. The molecule has 2 aliphatic rings. The Morgan fingerprint density at radius 2 is 1.42 bits per heavy atom. The van der Waals surface area contributed by atoms with Crippen molar-refractivity contribution in [2.75, 3.05) is 0 Å². The second-order valence-corrected chi connectivity index (χ2v) is 21.3. The molecule has 0 fully saturated rings. The Labute approximate surface area is 253 Å². The fraction of sp³-hybridized carbons (Fsp3) is 0.514.